The van der Waals surface area contributed by atoms with Crippen LogP contribution in [0, 0.1) is 5.82 Å². The molecule has 8 nitrogen and oxygen atoms in total. The summed E-state index contributed by atoms with van der Waals surface area (Å²) in [4.78, 5) is 29.3. The van der Waals surface area contributed by atoms with Crippen molar-refractivity contribution in [1.29, 1.82) is 0 Å². The van der Waals surface area contributed by atoms with Gasteiger partial charge in [-0.05, 0) is 48.7 Å². The van der Waals surface area contributed by atoms with E-state index in [1.165, 1.54) is 37.2 Å². The molecule has 0 radical (unpaired) electrons. The van der Waals surface area contributed by atoms with Crippen LogP contribution in [0.25, 0.3) is 0 Å². The van der Waals surface area contributed by atoms with Crippen molar-refractivity contribution in [2.24, 2.45) is 0 Å². The molecule has 0 unspecified atom stereocenters. The van der Waals surface area contributed by atoms with Crippen LogP contribution in [0.5, 0.6) is 0 Å². The highest BCUT2D eigenvalue weighted by molar-refractivity contribution is 9.10. The van der Waals surface area contributed by atoms with E-state index in [0.717, 1.165) is 30.3 Å². The van der Waals surface area contributed by atoms with Crippen LogP contribution in [0.2, 0.25) is 0 Å². The van der Waals surface area contributed by atoms with E-state index in [0.29, 0.717) is 6.42 Å². The molecule has 0 aliphatic rings. The van der Waals surface area contributed by atoms with Crippen LogP contribution >= 0.6 is 15.9 Å². The molecule has 0 saturated heterocycles. The number of nitrogens with zero attached hydrogens (tertiary/aromatic N) is 3. The minimum absolute atomic E-state index is 0.0324. The van der Waals surface area contributed by atoms with Gasteiger partial charge in [-0.15, -0.1) is 0 Å². The van der Waals surface area contributed by atoms with Gasteiger partial charge in [0.15, 0.2) is 0 Å². The molecule has 0 fully saturated rings. The van der Waals surface area contributed by atoms with E-state index in [1.54, 1.807) is 0 Å². The standard InChI is InChI=1S/C30H36BrFN4O4S/c1-5-22(2)33-30(38)28(19-23-11-7-6-8-12-23)35(20-24-15-17-25(31)18-16-24)29(37)21-36(41(39,40)34(3)4)27-14-10-9-13-26(27)32/h6-18,22,28H,5,19-21H2,1-4H3,(H,33,38)/t22-,28-/m0/s1. The summed E-state index contributed by atoms with van der Waals surface area (Å²) in [6.07, 6.45) is 0.887. The largest absolute Gasteiger partial charge is 0.352 e. The zero-order valence-electron chi connectivity index (χ0n) is 23.6. The maximum absolute atomic E-state index is 14.9. The monoisotopic (exact) mass is 646 g/mol. The molecule has 0 aliphatic heterocycles. The number of rotatable bonds is 13. The second-order valence-electron chi connectivity index (χ2n) is 9.92. The molecule has 0 aromatic heterocycles. The Kier molecular flexibility index (Phi) is 11.5. The first-order chi connectivity index (χ1) is 19.4. The van der Waals surface area contributed by atoms with Crippen LogP contribution in [-0.2, 0) is 32.8 Å². The van der Waals surface area contributed by atoms with Crippen molar-refractivity contribution >= 4 is 43.6 Å². The number of nitrogens with one attached hydrogen (secondary N) is 1. The lowest BCUT2D eigenvalue weighted by Crippen LogP contribution is -2.55. The molecule has 3 aromatic carbocycles. The molecule has 3 rings (SSSR count). The number of halogens is 2. The van der Waals surface area contributed by atoms with Crippen molar-refractivity contribution in [3.05, 3.63) is 100 Å². The summed E-state index contributed by atoms with van der Waals surface area (Å²) in [5.41, 5.74) is 1.31. The summed E-state index contributed by atoms with van der Waals surface area (Å²) in [5, 5.41) is 2.98. The number of benzene rings is 3. The van der Waals surface area contributed by atoms with Gasteiger partial charge in [0.25, 0.3) is 0 Å². The smallest absolute Gasteiger partial charge is 0.304 e. The summed E-state index contributed by atoms with van der Waals surface area (Å²) in [5.74, 6) is -1.80. The normalized spacial score (nSPS) is 13.0. The summed E-state index contributed by atoms with van der Waals surface area (Å²) in [6.45, 7) is 3.15. The Hall–Kier alpha value is -3.28. The molecule has 220 valence electrons. The van der Waals surface area contributed by atoms with Crippen LogP contribution < -0.4 is 9.62 Å². The number of amides is 2. The molecule has 0 saturated carbocycles. The predicted molar refractivity (Wildman–Crippen MR) is 163 cm³/mol. The third-order valence-electron chi connectivity index (χ3n) is 6.68. The fourth-order valence-electron chi connectivity index (χ4n) is 4.14. The van der Waals surface area contributed by atoms with E-state index in [-0.39, 0.29) is 30.6 Å². The predicted octanol–water partition coefficient (Wildman–Crippen LogP) is 4.76. The summed E-state index contributed by atoms with van der Waals surface area (Å²) >= 11 is 3.41. The molecule has 0 aliphatic carbocycles. The Labute approximate surface area is 250 Å². The molecule has 41 heavy (non-hydrogen) atoms. The van der Waals surface area contributed by atoms with Crippen LogP contribution in [0.1, 0.15) is 31.4 Å². The molecule has 2 amide bonds. The van der Waals surface area contributed by atoms with Crippen molar-refractivity contribution in [3.63, 3.8) is 0 Å². The Bertz CT molecular complexity index is 1420. The van der Waals surface area contributed by atoms with Gasteiger partial charge in [0.2, 0.25) is 11.8 Å². The van der Waals surface area contributed by atoms with Crippen molar-refractivity contribution < 1.29 is 22.4 Å². The lowest BCUT2D eigenvalue weighted by molar-refractivity contribution is -0.140. The van der Waals surface area contributed by atoms with E-state index in [1.807, 2.05) is 68.4 Å². The van der Waals surface area contributed by atoms with E-state index in [2.05, 4.69) is 21.2 Å². The topological polar surface area (TPSA) is 90.0 Å². The fraction of sp³-hybridized carbons (Fsp3) is 0.333. The SMILES string of the molecule is CC[C@H](C)NC(=O)[C@H](Cc1ccccc1)N(Cc1ccc(Br)cc1)C(=O)CN(c1ccccc1F)S(=O)(=O)N(C)C. The molecule has 3 aromatic rings. The molecule has 0 spiro atoms. The number of anilines is 1. The Morgan fingerprint density at radius 1 is 0.927 bits per heavy atom. The van der Waals surface area contributed by atoms with Crippen molar-refractivity contribution in [3.8, 4) is 0 Å². The van der Waals surface area contributed by atoms with E-state index in [4.69, 9.17) is 0 Å². The minimum Gasteiger partial charge on any atom is -0.352 e. The second kappa shape index (κ2) is 14.6. The average molecular weight is 648 g/mol. The third kappa shape index (κ3) is 8.61. The van der Waals surface area contributed by atoms with Crippen LogP contribution in [0.4, 0.5) is 10.1 Å². The molecule has 0 heterocycles. The second-order valence-corrected chi connectivity index (χ2v) is 12.9. The lowest BCUT2D eigenvalue weighted by Gasteiger charge is -2.35. The van der Waals surface area contributed by atoms with Gasteiger partial charge in [-0.2, -0.15) is 12.7 Å². The number of carbonyl (C=O) groups excluding carboxylic acids is 2. The van der Waals surface area contributed by atoms with Crippen LogP contribution in [0.15, 0.2) is 83.3 Å². The highest BCUT2D eigenvalue weighted by atomic mass is 79.9. The van der Waals surface area contributed by atoms with Gasteiger partial charge in [-0.3, -0.25) is 9.59 Å². The molecule has 2 atom stereocenters. The lowest BCUT2D eigenvalue weighted by atomic mass is 10.0. The van der Waals surface area contributed by atoms with Gasteiger partial charge in [-0.25, -0.2) is 8.70 Å². The fourth-order valence-corrected chi connectivity index (χ4v) is 5.47. The van der Waals surface area contributed by atoms with Gasteiger partial charge in [0.05, 0.1) is 5.69 Å². The summed E-state index contributed by atoms with van der Waals surface area (Å²) in [7, 11) is -1.66. The van der Waals surface area contributed by atoms with Gasteiger partial charge >= 0.3 is 10.2 Å². The van der Waals surface area contributed by atoms with Crippen LogP contribution in [0.3, 0.4) is 0 Å². The first kappa shape index (κ1) is 32.2. The number of carbonyl (C=O) groups is 2. The first-order valence-corrected chi connectivity index (χ1v) is 15.5. The third-order valence-corrected chi connectivity index (χ3v) is 9.01. The van der Waals surface area contributed by atoms with Crippen LogP contribution in [-0.4, -0.2) is 62.2 Å². The molecule has 1 N–H and O–H groups in total. The Morgan fingerprint density at radius 3 is 2.12 bits per heavy atom. The zero-order valence-corrected chi connectivity index (χ0v) is 26.0. The van der Waals surface area contributed by atoms with Crippen molar-refractivity contribution in [1.82, 2.24) is 14.5 Å². The Balaban J connectivity index is 2.10. The van der Waals surface area contributed by atoms with Crippen molar-refractivity contribution in [2.75, 3.05) is 24.9 Å². The van der Waals surface area contributed by atoms with E-state index in [9.17, 15) is 22.4 Å². The maximum atomic E-state index is 14.9. The number of hydrogen-bond acceptors (Lipinski definition) is 4. The van der Waals surface area contributed by atoms with E-state index >= 15 is 0 Å². The van der Waals surface area contributed by atoms with Gasteiger partial charge < -0.3 is 10.2 Å². The summed E-state index contributed by atoms with van der Waals surface area (Å²) < 4.78 is 44.1. The maximum Gasteiger partial charge on any atom is 0.304 e. The van der Waals surface area contributed by atoms with Gasteiger partial charge in [0, 0.05) is 37.6 Å². The number of hydrogen-bond donors (Lipinski definition) is 1. The highest BCUT2D eigenvalue weighted by Crippen LogP contribution is 2.24. The van der Waals surface area contributed by atoms with Crippen molar-refractivity contribution in [2.45, 2.75) is 45.3 Å². The molecular weight excluding hydrogens is 611 g/mol. The minimum atomic E-state index is -4.28. The summed E-state index contributed by atoms with van der Waals surface area (Å²) in [6, 6.07) is 20.9. The zero-order chi connectivity index (χ0) is 30.2. The van der Waals surface area contributed by atoms with E-state index < -0.39 is 34.5 Å². The van der Waals surface area contributed by atoms with Gasteiger partial charge in [-0.1, -0.05) is 77.5 Å². The molecule has 11 heteroatoms. The van der Waals surface area contributed by atoms with Gasteiger partial charge in [0.1, 0.15) is 18.4 Å². The quantitative estimate of drug-likeness (QED) is 0.290. The Morgan fingerprint density at radius 2 is 1.54 bits per heavy atom. The molecule has 0 bridgehead atoms. The average Bonchev–Trinajstić information content (AvgIpc) is 2.95. The first-order valence-electron chi connectivity index (χ1n) is 13.3. The number of para-hydroxylation sites is 1. The molecular formula is C30H36BrFN4O4S. The highest BCUT2D eigenvalue weighted by Gasteiger charge is 2.35.